The Hall–Kier alpha value is -1.96. The summed E-state index contributed by atoms with van der Waals surface area (Å²) in [6.07, 6.45) is 6.15. The van der Waals surface area contributed by atoms with E-state index >= 15 is 0 Å². The van der Waals surface area contributed by atoms with Gasteiger partial charge in [0.25, 0.3) is 0 Å². The average Bonchev–Trinajstić information content (AvgIpc) is 3.02. The SMILES string of the molecule is CC[C@H](C)[C@H](NC(=O)CN)C(=O)NC1CC(Cn2ccnn2)C1. The Morgan fingerprint density at radius 3 is 2.74 bits per heavy atom. The molecule has 1 aromatic rings. The van der Waals surface area contributed by atoms with Crippen LogP contribution in [0.15, 0.2) is 12.4 Å². The lowest BCUT2D eigenvalue weighted by Crippen LogP contribution is -2.56. The molecule has 0 aliphatic heterocycles. The Balaban J connectivity index is 1.79. The highest BCUT2D eigenvalue weighted by Gasteiger charge is 2.33. The third kappa shape index (κ3) is 4.75. The van der Waals surface area contributed by atoms with Gasteiger partial charge in [-0.3, -0.25) is 14.3 Å². The number of carbonyl (C=O) groups excluding carboxylic acids is 2. The molecule has 8 nitrogen and oxygen atoms in total. The van der Waals surface area contributed by atoms with Crippen LogP contribution in [0.1, 0.15) is 33.1 Å². The third-order valence-electron chi connectivity index (χ3n) is 4.50. The van der Waals surface area contributed by atoms with Crippen LogP contribution < -0.4 is 16.4 Å². The summed E-state index contributed by atoms with van der Waals surface area (Å²) in [4.78, 5) is 23.9. The molecule has 23 heavy (non-hydrogen) atoms. The first-order chi connectivity index (χ1) is 11.0. The van der Waals surface area contributed by atoms with E-state index in [2.05, 4.69) is 20.9 Å². The fraction of sp³-hybridized carbons (Fsp3) is 0.733. The summed E-state index contributed by atoms with van der Waals surface area (Å²) >= 11 is 0. The summed E-state index contributed by atoms with van der Waals surface area (Å²) < 4.78 is 1.81. The highest BCUT2D eigenvalue weighted by molar-refractivity contribution is 5.88. The summed E-state index contributed by atoms with van der Waals surface area (Å²) in [5.41, 5.74) is 5.33. The van der Waals surface area contributed by atoms with Crippen molar-refractivity contribution < 1.29 is 9.59 Å². The number of hydrogen-bond donors (Lipinski definition) is 3. The van der Waals surface area contributed by atoms with Gasteiger partial charge in [0.1, 0.15) is 6.04 Å². The molecular formula is C15H26N6O2. The van der Waals surface area contributed by atoms with Crippen molar-refractivity contribution in [1.82, 2.24) is 25.6 Å². The van der Waals surface area contributed by atoms with E-state index in [1.807, 2.05) is 24.7 Å². The van der Waals surface area contributed by atoms with Crippen LogP contribution in [-0.4, -0.2) is 45.4 Å². The predicted octanol–water partition coefficient (Wildman–Crippen LogP) is -0.337. The molecule has 128 valence electrons. The van der Waals surface area contributed by atoms with E-state index in [4.69, 9.17) is 5.73 Å². The van der Waals surface area contributed by atoms with Crippen LogP contribution in [0.5, 0.6) is 0 Å². The van der Waals surface area contributed by atoms with Crippen LogP contribution in [0.25, 0.3) is 0 Å². The largest absolute Gasteiger partial charge is 0.352 e. The number of nitrogens with zero attached hydrogens (tertiary/aromatic N) is 3. The first-order valence-corrected chi connectivity index (χ1v) is 8.17. The summed E-state index contributed by atoms with van der Waals surface area (Å²) in [6.45, 7) is 4.67. The second kappa shape index (κ2) is 8.05. The zero-order chi connectivity index (χ0) is 16.8. The Morgan fingerprint density at radius 2 is 2.17 bits per heavy atom. The van der Waals surface area contributed by atoms with Gasteiger partial charge in [-0.2, -0.15) is 0 Å². The Bertz CT molecular complexity index is 512. The molecular weight excluding hydrogens is 296 g/mol. The highest BCUT2D eigenvalue weighted by Crippen LogP contribution is 2.28. The summed E-state index contributed by atoms with van der Waals surface area (Å²) in [7, 11) is 0. The molecule has 0 unspecified atom stereocenters. The van der Waals surface area contributed by atoms with Gasteiger partial charge in [0.2, 0.25) is 11.8 Å². The second-order valence-electron chi connectivity index (χ2n) is 6.30. The number of nitrogens with two attached hydrogens (primary N) is 1. The van der Waals surface area contributed by atoms with Gasteiger partial charge in [0.15, 0.2) is 0 Å². The molecule has 1 aliphatic carbocycles. The van der Waals surface area contributed by atoms with Crippen LogP contribution in [-0.2, 0) is 16.1 Å². The van der Waals surface area contributed by atoms with E-state index in [0.717, 1.165) is 25.8 Å². The molecule has 2 rings (SSSR count). The van der Waals surface area contributed by atoms with Gasteiger partial charge in [-0.15, -0.1) is 5.10 Å². The molecule has 4 N–H and O–H groups in total. The Kier molecular flexibility index (Phi) is 6.09. The van der Waals surface area contributed by atoms with Crippen LogP contribution >= 0.6 is 0 Å². The second-order valence-corrected chi connectivity index (χ2v) is 6.30. The monoisotopic (exact) mass is 322 g/mol. The van der Waals surface area contributed by atoms with Gasteiger partial charge in [-0.05, 0) is 24.7 Å². The van der Waals surface area contributed by atoms with Crippen molar-refractivity contribution >= 4 is 11.8 Å². The Labute approximate surface area is 136 Å². The van der Waals surface area contributed by atoms with Gasteiger partial charge in [0, 0.05) is 18.8 Å². The number of rotatable bonds is 8. The normalized spacial score (nSPS) is 22.7. The highest BCUT2D eigenvalue weighted by atomic mass is 16.2. The topological polar surface area (TPSA) is 115 Å². The number of amides is 2. The van der Waals surface area contributed by atoms with Gasteiger partial charge in [0.05, 0.1) is 12.7 Å². The third-order valence-corrected chi connectivity index (χ3v) is 4.50. The van der Waals surface area contributed by atoms with Crippen molar-refractivity contribution in [1.29, 1.82) is 0 Å². The van der Waals surface area contributed by atoms with Crippen molar-refractivity contribution in [3.8, 4) is 0 Å². The summed E-state index contributed by atoms with van der Waals surface area (Å²) in [5, 5.41) is 13.5. The van der Waals surface area contributed by atoms with Crippen LogP contribution in [0, 0.1) is 11.8 Å². The lowest BCUT2D eigenvalue weighted by molar-refractivity contribution is -0.130. The minimum absolute atomic E-state index is 0.0662. The lowest BCUT2D eigenvalue weighted by atomic mass is 9.80. The molecule has 8 heteroatoms. The number of aromatic nitrogens is 3. The number of nitrogens with one attached hydrogen (secondary N) is 2. The van der Waals surface area contributed by atoms with E-state index in [0.29, 0.717) is 5.92 Å². The molecule has 2 amide bonds. The standard InChI is InChI=1S/C15H26N6O2/c1-3-10(2)14(19-13(22)8-16)15(23)18-12-6-11(7-12)9-21-5-4-17-20-21/h4-5,10-12,14H,3,6-9,16H2,1-2H3,(H,18,23)(H,19,22)/t10-,11?,12?,14-/m0/s1. The van der Waals surface area contributed by atoms with Crippen LogP contribution in [0.2, 0.25) is 0 Å². The summed E-state index contributed by atoms with van der Waals surface area (Å²) in [5.74, 6) is 0.146. The molecule has 2 atom stereocenters. The fourth-order valence-corrected chi connectivity index (χ4v) is 2.82. The van der Waals surface area contributed by atoms with Crippen molar-refractivity contribution in [3.63, 3.8) is 0 Å². The van der Waals surface area contributed by atoms with E-state index in [1.54, 1.807) is 6.20 Å². The fourth-order valence-electron chi connectivity index (χ4n) is 2.82. The van der Waals surface area contributed by atoms with Crippen molar-refractivity contribution in [2.45, 2.75) is 51.7 Å². The molecule has 1 saturated carbocycles. The first kappa shape index (κ1) is 17.4. The molecule has 1 heterocycles. The van der Waals surface area contributed by atoms with Gasteiger partial charge < -0.3 is 16.4 Å². The van der Waals surface area contributed by atoms with Crippen molar-refractivity contribution in [2.75, 3.05) is 6.54 Å². The first-order valence-electron chi connectivity index (χ1n) is 8.17. The van der Waals surface area contributed by atoms with Crippen molar-refractivity contribution in [2.24, 2.45) is 17.6 Å². The van der Waals surface area contributed by atoms with E-state index < -0.39 is 6.04 Å². The number of carbonyl (C=O) groups is 2. The molecule has 1 fully saturated rings. The molecule has 0 radical (unpaired) electrons. The van der Waals surface area contributed by atoms with Gasteiger partial charge in [-0.25, -0.2) is 0 Å². The van der Waals surface area contributed by atoms with Crippen LogP contribution in [0.3, 0.4) is 0 Å². The van der Waals surface area contributed by atoms with E-state index in [-0.39, 0.29) is 30.3 Å². The average molecular weight is 322 g/mol. The van der Waals surface area contributed by atoms with E-state index in [1.165, 1.54) is 0 Å². The smallest absolute Gasteiger partial charge is 0.243 e. The van der Waals surface area contributed by atoms with E-state index in [9.17, 15) is 9.59 Å². The van der Waals surface area contributed by atoms with Gasteiger partial charge in [-0.1, -0.05) is 25.5 Å². The quantitative estimate of drug-likeness (QED) is 0.606. The molecule has 1 aromatic heterocycles. The minimum atomic E-state index is -0.523. The maximum absolute atomic E-state index is 12.4. The zero-order valence-corrected chi connectivity index (χ0v) is 13.7. The molecule has 1 aliphatic rings. The lowest BCUT2D eigenvalue weighted by Gasteiger charge is -2.37. The predicted molar refractivity (Wildman–Crippen MR) is 85.1 cm³/mol. The minimum Gasteiger partial charge on any atom is -0.352 e. The molecule has 0 bridgehead atoms. The van der Waals surface area contributed by atoms with Gasteiger partial charge >= 0.3 is 0 Å². The molecule has 0 aromatic carbocycles. The zero-order valence-electron chi connectivity index (χ0n) is 13.7. The summed E-state index contributed by atoms with van der Waals surface area (Å²) in [6, 6.07) is -0.359. The van der Waals surface area contributed by atoms with Crippen molar-refractivity contribution in [3.05, 3.63) is 12.4 Å². The van der Waals surface area contributed by atoms with Crippen LogP contribution in [0.4, 0.5) is 0 Å². The number of hydrogen-bond acceptors (Lipinski definition) is 5. The maximum atomic E-state index is 12.4. The Morgan fingerprint density at radius 1 is 1.43 bits per heavy atom. The maximum Gasteiger partial charge on any atom is 0.243 e. The molecule has 0 saturated heterocycles. The molecule has 0 spiro atoms.